The summed E-state index contributed by atoms with van der Waals surface area (Å²) in [6.07, 6.45) is 2.63. The summed E-state index contributed by atoms with van der Waals surface area (Å²) in [7, 11) is 0. The van der Waals surface area contributed by atoms with Crippen LogP contribution in [0, 0.1) is 0 Å². The van der Waals surface area contributed by atoms with Gasteiger partial charge in [0.15, 0.2) is 11.6 Å². The van der Waals surface area contributed by atoms with Crippen LogP contribution in [0.15, 0.2) is 42.6 Å². The van der Waals surface area contributed by atoms with E-state index in [1.165, 1.54) is 0 Å². The third kappa shape index (κ3) is 3.91. The third-order valence-electron chi connectivity index (χ3n) is 6.86. The molecule has 0 aliphatic carbocycles. The maximum absolute atomic E-state index is 14.0. The molecule has 3 aliphatic heterocycles. The third-order valence-corrected chi connectivity index (χ3v) is 6.86. The second-order valence-corrected chi connectivity index (χ2v) is 9.25. The number of phenols is 1. The highest BCUT2D eigenvalue weighted by Gasteiger charge is 2.46. The fourth-order valence-corrected chi connectivity index (χ4v) is 5.45. The number of fused-ring (bicyclic) bond motifs is 3. The number of halogens is 2. The zero-order valence-electron chi connectivity index (χ0n) is 18.4. The monoisotopic (exact) mass is 466 g/mol. The second-order valence-electron chi connectivity index (χ2n) is 9.25. The number of rotatable bonds is 3. The van der Waals surface area contributed by atoms with Crippen LogP contribution in [0.2, 0.25) is 0 Å². The average molecular weight is 466 g/mol. The summed E-state index contributed by atoms with van der Waals surface area (Å²) in [5.74, 6) is -1.32. The average Bonchev–Trinajstić information content (AvgIpc) is 2.82. The van der Waals surface area contributed by atoms with Crippen LogP contribution in [-0.2, 0) is 0 Å². The molecule has 1 aromatic carbocycles. The summed E-state index contributed by atoms with van der Waals surface area (Å²) >= 11 is 0. The predicted octanol–water partition coefficient (Wildman–Crippen LogP) is 3.42. The Hall–Kier alpha value is -3.40. The highest BCUT2D eigenvalue weighted by atomic mass is 19.3. The van der Waals surface area contributed by atoms with Crippen LogP contribution in [-0.4, -0.2) is 62.7 Å². The van der Waals surface area contributed by atoms with E-state index < -0.39 is 5.92 Å². The lowest BCUT2D eigenvalue weighted by atomic mass is 9.81. The Morgan fingerprint density at radius 1 is 1.03 bits per heavy atom. The number of hydrogen-bond donors (Lipinski definition) is 2. The molecule has 6 rings (SSSR count). The van der Waals surface area contributed by atoms with Gasteiger partial charge in [0.05, 0.1) is 12.2 Å². The summed E-state index contributed by atoms with van der Waals surface area (Å²) < 4.78 is 33.8. The molecule has 2 atom stereocenters. The number of alkyl halides is 2. The molecule has 10 heteroatoms. The molecule has 0 radical (unpaired) electrons. The van der Waals surface area contributed by atoms with Gasteiger partial charge in [-0.15, -0.1) is 10.2 Å². The Morgan fingerprint density at radius 3 is 2.59 bits per heavy atom. The molecule has 0 amide bonds. The molecular formula is C24H24F2N6O2. The van der Waals surface area contributed by atoms with Crippen molar-refractivity contribution in [1.29, 1.82) is 0 Å². The van der Waals surface area contributed by atoms with Gasteiger partial charge in [0.2, 0.25) is 0 Å². The fourth-order valence-electron chi connectivity index (χ4n) is 5.45. The standard InChI is InChI=1S/C24H24F2N6O2/c25-24(26)12-15-9-17(10-16(13-24)28-15)32-6-7-34-22-11-20(30-31-23(22)32)18-4-3-14(8-21(18)33)19-2-1-5-27-29-19/h1-5,8,11,15-17,28,33H,6-7,9-10,12-13H2/t15-,16-/m0/s1. The molecule has 8 nitrogen and oxygen atoms in total. The van der Waals surface area contributed by atoms with Crippen molar-refractivity contribution in [3.8, 4) is 34.0 Å². The van der Waals surface area contributed by atoms with E-state index in [2.05, 4.69) is 30.6 Å². The Kier molecular flexibility index (Phi) is 5.05. The molecule has 176 valence electrons. The maximum Gasteiger partial charge on any atom is 0.251 e. The van der Waals surface area contributed by atoms with Crippen LogP contribution >= 0.6 is 0 Å². The highest BCUT2D eigenvalue weighted by molar-refractivity contribution is 5.74. The summed E-state index contributed by atoms with van der Waals surface area (Å²) in [4.78, 5) is 2.15. The Labute approximate surface area is 195 Å². The van der Waals surface area contributed by atoms with Gasteiger partial charge in [0.1, 0.15) is 18.1 Å². The zero-order valence-corrected chi connectivity index (χ0v) is 18.4. The maximum atomic E-state index is 14.0. The smallest absolute Gasteiger partial charge is 0.251 e. The summed E-state index contributed by atoms with van der Waals surface area (Å²) in [5.41, 5.74) is 2.42. The van der Waals surface area contributed by atoms with Gasteiger partial charge in [0, 0.05) is 54.4 Å². The first-order chi connectivity index (χ1) is 16.4. The van der Waals surface area contributed by atoms with E-state index in [0.29, 0.717) is 54.5 Å². The van der Waals surface area contributed by atoms with E-state index in [1.807, 2.05) is 12.1 Å². The molecule has 0 saturated carbocycles. The lowest BCUT2D eigenvalue weighted by molar-refractivity contribution is -0.0672. The number of benzene rings is 1. The van der Waals surface area contributed by atoms with Crippen LogP contribution in [0.4, 0.5) is 14.6 Å². The normalized spacial score (nSPS) is 25.4. The molecule has 2 saturated heterocycles. The minimum Gasteiger partial charge on any atom is -0.507 e. The molecule has 2 aromatic heterocycles. The summed E-state index contributed by atoms with van der Waals surface area (Å²) in [5, 5.41) is 30.8. The van der Waals surface area contributed by atoms with Crippen LogP contribution in [0.1, 0.15) is 25.7 Å². The molecule has 2 fully saturated rings. The molecule has 3 aromatic rings. The van der Waals surface area contributed by atoms with E-state index in [0.717, 1.165) is 5.56 Å². The summed E-state index contributed by atoms with van der Waals surface area (Å²) in [6.45, 7) is 1.12. The molecule has 5 heterocycles. The quantitative estimate of drug-likeness (QED) is 0.606. The van der Waals surface area contributed by atoms with Crippen LogP contribution in [0.5, 0.6) is 11.5 Å². The van der Waals surface area contributed by atoms with Gasteiger partial charge < -0.3 is 20.1 Å². The Morgan fingerprint density at radius 2 is 1.85 bits per heavy atom. The summed E-state index contributed by atoms with van der Waals surface area (Å²) in [6, 6.07) is 10.3. The number of phenolic OH excluding ortho intramolecular Hbond substituents is 1. The van der Waals surface area contributed by atoms with Crippen LogP contribution in [0.25, 0.3) is 22.5 Å². The first-order valence-corrected chi connectivity index (χ1v) is 11.5. The van der Waals surface area contributed by atoms with Crippen molar-refractivity contribution in [3.63, 3.8) is 0 Å². The molecule has 0 spiro atoms. The first-order valence-electron chi connectivity index (χ1n) is 11.5. The molecule has 3 aliphatic rings. The van der Waals surface area contributed by atoms with E-state index in [9.17, 15) is 13.9 Å². The molecular weight excluding hydrogens is 442 g/mol. The van der Waals surface area contributed by atoms with Crippen LogP contribution in [0.3, 0.4) is 0 Å². The molecule has 34 heavy (non-hydrogen) atoms. The van der Waals surface area contributed by atoms with E-state index >= 15 is 0 Å². The lowest BCUT2D eigenvalue weighted by Gasteiger charge is -2.47. The van der Waals surface area contributed by atoms with E-state index in [1.54, 1.807) is 30.5 Å². The number of piperidine rings is 2. The largest absolute Gasteiger partial charge is 0.507 e. The van der Waals surface area contributed by atoms with Crippen molar-refractivity contribution >= 4 is 5.82 Å². The highest BCUT2D eigenvalue weighted by Crippen LogP contribution is 2.41. The van der Waals surface area contributed by atoms with E-state index in [-0.39, 0.29) is 36.7 Å². The number of aromatic hydroxyl groups is 1. The van der Waals surface area contributed by atoms with Crippen molar-refractivity contribution in [3.05, 3.63) is 42.6 Å². The second kappa shape index (κ2) is 8.12. The topological polar surface area (TPSA) is 96.3 Å². The molecule has 0 unspecified atom stereocenters. The lowest BCUT2D eigenvalue weighted by Crippen LogP contribution is -2.59. The van der Waals surface area contributed by atoms with Crippen molar-refractivity contribution in [2.75, 3.05) is 18.1 Å². The van der Waals surface area contributed by atoms with Gasteiger partial charge >= 0.3 is 0 Å². The van der Waals surface area contributed by atoms with Crippen molar-refractivity contribution in [1.82, 2.24) is 25.7 Å². The number of ether oxygens (including phenoxy) is 1. The SMILES string of the molecule is Oc1cc(-c2cccnn2)ccc1-c1cc2c(nn1)N(C1C[C@H]3CC(F)(F)C[C@H](C1)N3)CCO2. The number of anilines is 1. The predicted molar refractivity (Wildman–Crippen MR) is 121 cm³/mol. The minimum absolute atomic E-state index is 0.0529. The number of aromatic nitrogens is 4. The molecule has 2 bridgehead atoms. The zero-order chi connectivity index (χ0) is 23.3. The van der Waals surface area contributed by atoms with Crippen LogP contribution < -0.4 is 15.0 Å². The van der Waals surface area contributed by atoms with Gasteiger partial charge in [-0.05, 0) is 37.1 Å². The van der Waals surface area contributed by atoms with Crippen molar-refractivity contribution in [2.24, 2.45) is 0 Å². The van der Waals surface area contributed by atoms with Crippen molar-refractivity contribution < 1.29 is 18.6 Å². The fraction of sp³-hybridized carbons (Fsp3) is 0.417. The Balaban J connectivity index is 1.26. The minimum atomic E-state index is -2.59. The number of nitrogens with one attached hydrogen (secondary N) is 1. The Bertz CT molecular complexity index is 1200. The first kappa shape index (κ1) is 21.2. The van der Waals surface area contributed by atoms with E-state index in [4.69, 9.17) is 4.74 Å². The number of nitrogens with zero attached hydrogens (tertiary/aromatic N) is 5. The van der Waals surface area contributed by atoms with Gasteiger partial charge in [-0.2, -0.15) is 10.2 Å². The number of hydrogen-bond acceptors (Lipinski definition) is 8. The van der Waals surface area contributed by atoms with Gasteiger partial charge in [-0.25, -0.2) is 8.78 Å². The van der Waals surface area contributed by atoms with Gasteiger partial charge in [0.25, 0.3) is 5.92 Å². The molecule has 2 N–H and O–H groups in total. The van der Waals surface area contributed by atoms with Crippen molar-refractivity contribution in [2.45, 2.75) is 49.7 Å². The van der Waals surface area contributed by atoms with Gasteiger partial charge in [-0.3, -0.25) is 0 Å². The van der Waals surface area contributed by atoms with Gasteiger partial charge in [-0.1, -0.05) is 6.07 Å².